The normalized spacial score (nSPS) is 13.2. The first-order valence-corrected chi connectivity index (χ1v) is 9.51. The summed E-state index contributed by atoms with van der Waals surface area (Å²) in [6.45, 7) is 13.2. The molecule has 0 bridgehead atoms. The lowest BCUT2D eigenvalue weighted by Gasteiger charge is -2.39. The van der Waals surface area contributed by atoms with Crippen molar-refractivity contribution in [3.63, 3.8) is 0 Å². The maximum atomic E-state index is 6.21. The van der Waals surface area contributed by atoms with Gasteiger partial charge in [-0.15, -0.1) is 0 Å². The van der Waals surface area contributed by atoms with Gasteiger partial charge in [-0.3, -0.25) is 0 Å². The van der Waals surface area contributed by atoms with Crippen molar-refractivity contribution in [1.82, 2.24) is 0 Å². The van der Waals surface area contributed by atoms with Crippen LogP contribution >= 0.6 is 0 Å². The van der Waals surface area contributed by atoms with Gasteiger partial charge in [0, 0.05) is 23.9 Å². The molecule has 0 aromatic carbocycles. The zero-order valence-corrected chi connectivity index (χ0v) is 15.0. The van der Waals surface area contributed by atoms with Crippen molar-refractivity contribution in [1.29, 1.82) is 0 Å². The number of rotatable bonds is 11. The first kappa shape index (κ1) is 20.0. The topological polar surface area (TPSA) is 79.7 Å². The average Bonchev–Trinajstić information content (AvgIpc) is 2.25. The van der Waals surface area contributed by atoms with E-state index in [0.29, 0.717) is 13.1 Å². The fraction of sp³-hybridized carbons (Fsp3) is 1.00. The van der Waals surface area contributed by atoms with Gasteiger partial charge in [-0.2, -0.15) is 0 Å². The zero-order chi connectivity index (χ0) is 15.8. The van der Waals surface area contributed by atoms with Gasteiger partial charge in [0.15, 0.2) is 0 Å². The molecule has 0 saturated heterocycles. The van der Waals surface area contributed by atoms with Crippen molar-refractivity contribution in [3.8, 4) is 0 Å². The van der Waals surface area contributed by atoms with Crippen LogP contribution in [0, 0.1) is 0 Å². The van der Waals surface area contributed by atoms with Gasteiger partial charge in [0.2, 0.25) is 0 Å². The van der Waals surface area contributed by atoms with Crippen LogP contribution in [0.2, 0.25) is 5.54 Å². The standard InChI is InChI=1S/C14H34N2O3Si/c1-11(2)17-20(18-12(3)4,19-13(5)6)14(7-9-15)8-10-16/h11-14H,7-10,15-16H2,1-6H3. The molecule has 4 N–H and O–H groups in total. The molecule has 0 saturated carbocycles. The zero-order valence-electron chi connectivity index (χ0n) is 14.0. The Kier molecular flexibility index (Phi) is 9.87. The SMILES string of the molecule is CC(C)O[Si](OC(C)C)(OC(C)C)C(CCN)CCN. The van der Waals surface area contributed by atoms with E-state index in [1.54, 1.807) is 0 Å². The van der Waals surface area contributed by atoms with E-state index in [-0.39, 0.29) is 23.9 Å². The summed E-state index contributed by atoms with van der Waals surface area (Å²) in [6.07, 6.45) is 1.79. The van der Waals surface area contributed by atoms with Gasteiger partial charge in [-0.05, 0) is 67.5 Å². The van der Waals surface area contributed by atoms with Crippen LogP contribution in [0.3, 0.4) is 0 Å². The van der Waals surface area contributed by atoms with Crippen LogP contribution in [0.4, 0.5) is 0 Å². The van der Waals surface area contributed by atoms with Gasteiger partial charge in [-0.25, -0.2) is 0 Å². The van der Waals surface area contributed by atoms with E-state index >= 15 is 0 Å². The third-order valence-corrected chi connectivity index (χ3v) is 6.71. The van der Waals surface area contributed by atoms with Gasteiger partial charge in [0.1, 0.15) is 0 Å². The summed E-state index contributed by atoms with van der Waals surface area (Å²) in [5.74, 6) is 0. The Labute approximate surface area is 125 Å². The smallest absolute Gasteiger partial charge is 0.371 e. The van der Waals surface area contributed by atoms with E-state index in [0.717, 1.165) is 12.8 Å². The lowest BCUT2D eigenvalue weighted by molar-refractivity contribution is -0.00619. The van der Waals surface area contributed by atoms with Gasteiger partial charge >= 0.3 is 8.80 Å². The second-order valence-corrected chi connectivity index (χ2v) is 8.69. The van der Waals surface area contributed by atoms with Gasteiger partial charge < -0.3 is 24.7 Å². The number of nitrogens with two attached hydrogens (primary N) is 2. The Morgan fingerprint density at radius 1 is 0.700 bits per heavy atom. The van der Waals surface area contributed by atoms with E-state index in [2.05, 4.69) is 0 Å². The van der Waals surface area contributed by atoms with E-state index < -0.39 is 8.80 Å². The van der Waals surface area contributed by atoms with Crippen LogP contribution in [0.5, 0.6) is 0 Å². The van der Waals surface area contributed by atoms with E-state index in [1.165, 1.54) is 0 Å². The molecule has 0 aliphatic rings. The summed E-state index contributed by atoms with van der Waals surface area (Å²) in [5, 5.41) is 0. The van der Waals surface area contributed by atoms with E-state index in [4.69, 9.17) is 24.7 Å². The van der Waals surface area contributed by atoms with Crippen molar-refractivity contribution in [2.75, 3.05) is 13.1 Å². The van der Waals surface area contributed by atoms with Crippen molar-refractivity contribution in [3.05, 3.63) is 0 Å². The molecule has 0 aliphatic heterocycles. The van der Waals surface area contributed by atoms with Crippen molar-refractivity contribution >= 4 is 8.80 Å². The molecule has 0 amide bonds. The minimum Gasteiger partial charge on any atom is -0.371 e. The summed E-state index contributed by atoms with van der Waals surface area (Å²) in [4.78, 5) is 0. The van der Waals surface area contributed by atoms with Crippen molar-refractivity contribution in [2.45, 2.75) is 78.2 Å². The van der Waals surface area contributed by atoms with Gasteiger partial charge in [0.05, 0.1) is 0 Å². The fourth-order valence-electron chi connectivity index (χ4n) is 2.26. The molecule has 122 valence electrons. The van der Waals surface area contributed by atoms with E-state index in [1.807, 2.05) is 41.5 Å². The summed E-state index contributed by atoms with van der Waals surface area (Å²) in [6, 6.07) is 0. The monoisotopic (exact) mass is 306 g/mol. The van der Waals surface area contributed by atoms with Gasteiger partial charge in [0.25, 0.3) is 0 Å². The summed E-state index contributed by atoms with van der Waals surface area (Å²) in [5.41, 5.74) is 11.7. The van der Waals surface area contributed by atoms with Crippen LogP contribution in [-0.2, 0) is 13.3 Å². The highest BCUT2D eigenvalue weighted by molar-refractivity contribution is 6.62. The maximum Gasteiger partial charge on any atom is 0.504 e. The summed E-state index contributed by atoms with van der Waals surface area (Å²) >= 11 is 0. The minimum absolute atomic E-state index is 0.0530. The molecule has 6 heteroatoms. The van der Waals surface area contributed by atoms with Crippen LogP contribution in [0.25, 0.3) is 0 Å². The molecular weight excluding hydrogens is 272 g/mol. The molecule has 20 heavy (non-hydrogen) atoms. The third kappa shape index (κ3) is 7.15. The maximum absolute atomic E-state index is 6.21. The lowest BCUT2D eigenvalue weighted by atomic mass is 10.2. The molecule has 0 spiro atoms. The predicted octanol–water partition coefficient (Wildman–Crippen LogP) is 2.27. The molecule has 0 aromatic heterocycles. The van der Waals surface area contributed by atoms with E-state index in [9.17, 15) is 0 Å². The minimum atomic E-state index is -2.82. The molecule has 0 aliphatic carbocycles. The number of hydrogen-bond acceptors (Lipinski definition) is 5. The Balaban J connectivity index is 5.38. The molecule has 0 atom stereocenters. The van der Waals surface area contributed by atoms with Crippen LogP contribution in [0.1, 0.15) is 54.4 Å². The molecule has 5 nitrogen and oxygen atoms in total. The van der Waals surface area contributed by atoms with Crippen molar-refractivity contribution in [2.24, 2.45) is 11.5 Å². The van der Waals surface area contributed by atoms with Crippen LogP contribution in [0.15, 0.2) is 0 Å². The molecule has 0 rings (SSSR count). The third-order valence-electron chi connectivity index (χ3n) is 2.73. The van der Waals surface area contributed by atoms with Crippen LogP contribution < -0.4 is 11.5 Å². The Morgan fingerprint density at radius 3 is 1.20 bits per heavy atom. The first-order chi connectivity index (χ1) is 9.27. The average molecular weight is 307 g/mol. The van der Waals surface area contributed by atoms with Crippen LogP contribution in [-0.4, -0.2) is 40.2 Å². The highest BCUT2D eigenvalue weighted by Gasteiger charge is 2.50. The largest absolute Gasteiger partial charge is 0.504 e. The molecule has 0 heterocycles. The summed E-state index contributed by atoms with van der Waals surface area (Å²) < 4.78 is 18.6. The summed E-state index contributed by atoms with van der Waals surface area (Å²) in [7, 11) is -2.82. The highest BCUT2D eigenvalue weighted by atomic mass is 28.4. The molecule has 0 fully saturated rings. The highest BCUT2D eigenvalue weighted by Crippen LogP contribution is 2.34. The fourth-order valence-corrected chi connectivity index (χ4v) is 6.01. The Morgan fingerprint density at radius 2 is 1.00 bits per heavy atom. The molecular formula is C14H34N2O3Si. The molecule has 0 radical (unpaired) electrons. The quantitative estimate of drug-likeness (QED) is 0.572. The lowest BCUT2D eigenvalue weighted by Crippen LogP contribution is -2.55. The molecule has 0 unspecified atom stereocenters. The molecule has 0 aromatic rings. The predicted molar refractivity (Wildman–Crippen MR) is 85.5 cm³/mol. The second kappa shape index (κ2) is 9.86. The Bertz CT molecular complexity index is 218. The Hall–Kier alpha value is 0.0169. The first-order valence-electron chi connectivity index (χ1n) is 7.71. The second-order valence-electron chi connectivity index (χ2n) is 5.95. The van der Waals surface area contributed by atoms with Gasteiger partial charge in [-0.1, -0.05) is 0 Å². The number of hydrogen-bond donors (Lipinski definition) is 2. The van der Waals surface area contributed by atoms with Crippen molar-refractivity contribution < 1.29 is 13.3 Å².